The van der Waals surface area contributed by atoms with Crippen molar-refractivity contribution in [3.63, 3.8) is 0 Å². The first-order valence-corrected chi connectivity index (χ1v) is 6.38. The predicted octanol–water partition coefficient (Wildman–Crippen LogP) is 1.82. The average Bonchev–Trinajstić information content (AvgIpc) is 2.85. The molecule has 18 heavy (non-hydrogen) atoms. The van der Waals surface area contributed by atoms with Crippen molar-refractivity contribution < 1.29 is 4.79 Å². The summed E-state index contributed by atoms with van der Waals surface area (Å²) >= 11 is 1.41. The van der Waals surface area contributed by atoms with Gasteiger partial charge in [-0.1, -0.05) is 26.0 Å². The van der Waals surface area contributed by atoms with Gasteiger partial charge in [-0.2, -0.15) is 0 Å². The Labute approximate surface area is 109 Å². The maximum Gasteiger partial charge on any atom is 0.279 e. The summed E-state index contributed by atoms with van der Waals surface area (Å²) < 4.78 is 1.48. The molecule has 2 rings (SSSR count). The molecular formula is C11H15N5OS. The van der Waals surface area contributed by atoms with Gasteiger partial charge in [0.05, 0.1) is 11.9 Å². The number of amides is 1. The smallest absolute Gasteiger partial charge is 0.279 e. The third kappa shape index (κ3) is 2.73. The van der Waals surface area contributed by atoms with Crippen molar-refractivity contribution in [1.82, 2.24) is 20.0 Å². The highest BCUT2D eigenvalue weighted by atomic mass is 32.1. The Morgan fingerprint density at radius 3 is 2.67 bits per heavy atom. The van der Waals surface area contributed by atoms with Crippen LogP contribution in [0, 0.1) is 0 Å². The minimum absolute atomic E-state index is 0.0218. The summed E-state index contributed by atoms with van der Waals surface area (Å²) in [6, 6.07) is 0. The van der Waals surface area contributed by atoms with Crippen molar-refractivity contribution in [2.24, 2.45) is 7.05 Å². The molecule has 0 saturated heterocycles. The lowest BCUT2D eigenvalue weighted by molar-refractivity contribution is 0.102. The van der Waals surface area contributed by atoms with Crippen LogP contribution in [0.1, 0.15) is 37.0 Å². The molecule has 0 radical (unpaired) electrons. The summed E-state index contributed by atoms with van der Waals surface area (Å²) in [5.74, 6) is -0.294. The average molecular weight is 265 g/mol. The van der Waals surface area contributed by atoms with E-state index in [1.54, 1.807) is 13.2 Å². The van der Waals surface area contributed by atoms with Gasteiger partial charge in [-0.05, 0) is 0 Å². The molecule has 0 aliphatic carbocycles. The van der Waals surface area contributed by atoms with Crippen molar-refractivity contribution >= 4 is 22.4 Å². The molecule has 1 N–H and O–H groups in total. The Balaban J connectivity index is 2.10. The van der Waals surface area contributed by atoms with Crippen molar-refractivity contribution in [2.75, 3.05) is 5.32 Å². The van der Waals surface area contributed by atoms with Gasteiger partial charge in [-0.25, -0.2) is 4.98 Å². The molecule has 0 bridgehead atoms. The maximum absolute atomic E-state index is 11.8. The molecule has 0 unspecified atom stereocenters. The summed E-state index contributed by atoms with van der Waals surface area (Å²) in [4.78, 5) is 16.2. The number of hydrogen-bond acceptors (Lipinski definition) is 5. The van der Waals surface area contributed by atoms with Crippen molar-refractivity contribution in [3.8, 4) is 0 Å². The molecule has 2 aromatic rings. The van der Waals surface area contributed by atoms with Gasteiger partial charge in [-0.15, -0.1) is 16.4 Å². The number of hydrogen-bond donors (Lipinski definition) is 1. The van der Waals surface area contributed by atoms with E-state index in [9.17, 15) is 4.79 Å². The van der Waals surface area contributed by atoms with Crippen LogP contribution in [-0.4, -0.2) is 25.9 Å². The molecule has 0 aliphatic heterocycles. The molecule has 1 amide bonds. The van der Waals surface area contributed by atoms with Crippen LogP contribution in [-0.2, 0) is 12.5 Å². The summed E-state index contributed by atoms with van der Waals surface area (Å²) in [5.41, 5.74) is 1.22. The zero-order valence-corrected chi connectivity index (χ0v) is 11.6. The Morgan fingerprint density at radius 2 is 2.17 bits per heavy atom. The molecule has 0 atom stereocenters. The molecule has 0 saturated carbocycles. The normalized spacial score (nSPS) is 11.6. The molecule has 7 heteroatoms. The molecule has 0 spiro atoms. The number of nitrogens with zero attached hydrogens (tertiary/aromatic N) is 4. The monoisotopic (exact) mass is 265 g/mol. The fourth-order valence-corrected chi connectivity index (χ4v) is 2.22. The number of thiazole rings is 1. The molecule has 0 fully saturated rings. The van der Waals surface area contributed by atoms with E-state index >= 15 is 0 Å². The summed E-state index contributed by atoms with van der Waals surface area (Å²) in [6.07, 6.45) is 1.56. The first-order valence-electron chi connectivity index (χ1n) is 5.50. The highest BCUT2D eigenvalue weighted by Gasteiger charge is 2.19. The van der Waals surface area contributed by atoms with E-state index in [-0.39, 0.29) is 17.0 Å². The lowest BCUT2D eigenvalue weighted by atomic mass is 9.93. The Morgan fingerprint density at radius 1 is 1.44 bits per heavy atom. The highest BCUT2D eigenvalue weighted by Crippen LogP contribution is 2.26. The number of nitrogens with one attached hydrogen (secondary N) is 1. The number of carbonyl (C=O) groups is 1. The van der Waals surface area contributed by atoms with Gasteiger partial charge in [0.15, 0.2) is 10.8 Å². The van der Waals surface area contributed by atoms with Crippen molar-refractivity contribution in [3.05, 3.63) is 23.0 Å². The molecule has 96 valence electrons. The number of rotatable bonds is 2. The molecule has 0 aromatic carbocycles. The van der Waals surface area contributed by atoms with Gasteiger partial charge < -0.3 is 0 Å². The Hall–Kier alpha value is -1.76. The van der Waals surface area contributed by atoms with E-state index in [1.807, 2.05) is 5.38 Å². The lowest BCUT2D eigenvalue weighted by Gasteiger charge is -2.14. The Kier molecular flexibility index (Phi) is 3.16. The van der Waals surface area contributed by atoms with Gasteiger partial charge in [0.1, 0.15) is 0 Å². The van der Waals surface area contributed by atoms with Crippen LogP contribution in [0.5, 0.6) is 0 Å². The van der Waals surface area contributed by atoms with Gasteiger partial charge in [0.2, 0.25) is 0 Å². The lowest BCUT2D eigenvalue weighted by Crippen LogP contribution is -2.14. The second-order valence-electron chi connectivity index (χ2n) is 5.02. The minimum atomic E-state index is -0.294. The SMILES string of the molecule is Cn1cc(C(=O)Nc2nc(C(C)(C)C)cs2)nn1. The highest BCUT2D eigenvalue weighted by molar-refractivity contribution is 7.14. The van der Waals surface area contributed by atoms with Gasteiger partial charge in [0.25, 0.3) is 5.91 Å². The van der Waals surface area contributed by atoms with Gasteiger partial charge >= 0.3 is 0 Å². The fourth-order valence-electron chi connectivity index (χ4n) is 1.29. The third-order valence-corrected chi connectivity index (χ3v) is 3.09. The summed E-state index contributed by atoms with van der Waals surface area (Å²) in [7, 11) is 1.71. The molecule has 6 nitrogen and oxygen atoms in total. The first kappa shape index (κ1) is 12.7. The molecule has 2 aromatic heterocycles. The second-order valence-corrected chi connectivity index (χ2v) is 5.88. The van der Waals surface area contributed by atoms with Crippen LogP contribution in [0.2, 0.25) is 0 Å². The van der Waals surface area contributed by atoms with Crippen LogP contribution in [0.25, 0.3) is 0 Å². The third-order valence-electron chi connectivity index (χ3n) is 2.33. The van der Waals surface area contributed by atoms with Crippen LogP contribution in [0.15, 0.2) is 11.6 Å². The number of aromatic nitrogens is 4. The zero-order chi connectivity index (χ0) is 13.3. The van der Waals surface area contributed by atoms with E-state index in [4.69, 9.17) is 0 Å². The van der Waals surface area contributed by atoms with E-state index in [0.29, 0.717) is 5.13 Å². The maximum atomic E-state index is 11.8. The van der Waals surface area contributed by atoms with Crippen LogP contribution < -0.4 is 5.32 Å². The van der Waals surface area contributed by atoms with Crippen molar-refractivity contribution in [2.45, 2.75) is 26.2 Å². The second kappa shape index (κ2) is 4.49. The molecular weight excluding hydrogens is 250 g/mol. The summed E-state index contributed by atoms with van der Waals surface area (Å²) in [6.45, 7) is 6.24. The minimum Gasteiger partial charge on any atom is -0.296 e. The van der Waals surface area contributed by atoms with E-state index in [1.165, 1.54) is 16.0 Å². The Bertz CT molecular complexity index is 566. The molecule has 2 heterocycles. The summed E-state index contributed by atoms with van der Waals surface area (Å²) in [5, 5.41) is 12.7. The first-order chi connectivity index (χ1) is 8.36. The largest absolute Gasteiger partial charge is 0.296 e. The standard InChI is InChI=1S/C11H15N5OS/c1-11(2,3)8-6-18-10(12-8)13-9(17)7-5-16(4)15-14-7/h5-6H,1-4H3,(H,12,13,17). The van der Waals surface area contributed by atoms with Crippen molar-refractivity contribution in [1.29, 1.82) is 0 Å². The predicted molar refractivity (Wildman–Crippen MR) is 69.8 cm³/mol. The quantitative estimate of drug-likeness (QED) is 0.899. The van der Waals surface area contributed by atoms with Crippen LogP contribution >= 0.6 is 11.3 Å². The number of anilines is 1. The van der Waals surface area contributed by atoms with E-state index in [0.717, 1.165) is 5.69 Å². The topological polar surface area (TPSA) is 72.7 Å². The van der Waals surface area contributed by atoms with Gasteiger partial charge in [0, 0.05) is 17.8 Å². The van der Waals surface area contributed by atoms with E-state index < -0.39 is 0 Å². The van der Waals surface area contributed by atoms with Gasteiger partial charge in [-0.3, -0.25) is 14.8 Å². The number of aryl methyl sites for hydroxylation is 1. The number of carbonyl (C=O) groups excluding carboxylic acids is 1. The molecule has 0 aliphatic rings. The van der Waals surface area contributed by atoms with E-state index in [2.05, 4.69) is 41.4 Å². The van der Waals surface area contributed by atoms with Crippen LogP contribution in [0.4, 0.5) is 5.13 Å². The fraction of sp³-hybridized carbons (Fsp3) is 0.455. The van der Waals surface area contributed by atoms with Crippen LogP contribution in [0.3, 0.4) is 0 Å². The zero-order valence-electron chi connectivity index (χ0n) is 10.8.